The minimum absolute atomic E-state index is 0.201. The molecule has 3 heteroatoms. The molecule has 1 unspecified atom stereocenters. The number of hydrogen-bond donors (Lipinski definition) is 0. The molecule has 1 rings (SSSR count). The molecule has 0 heterocycles. The highest BCUT2D eigenvalue weighted by molar-refractivity contribution is 7.83. The van der Waals surface area contributed by atoms with Crippen LogP contribution in [0.4, 0.5) is 0 Å². The molecule has 0 spiro atoms. The zero-order chi connectivity index (χ0) is 10.8. The van der Waals surface area contributed by atoms with Gasteiger partial charge in [0, 0.05) is 4.91 Å². The fourth-order valence-electron chi connectivity index (χ4n) is 1.55. The predicted octanol–water partition coefficient (Wildman–Crippen LogP) is 2.91. The zero-order valence-corrected chi connectivity index (χ0v) is 9.82. The van der Waals surface area contributed by atoms with Crippen LogP contribution in [0, 0.1) is 5.41 Å². The van der Waals surface area contributed by atoms with Crippen molar-refractivity contribution in [1.82, 2.24) is 0 Å². The third kappa shape index (κ3) is 2.55. The molecule has 0 aliphatic heterocycles. The lowest BCUT2D eigenvalue weighted by Gasteiger charge is -2.29. The maximum Gasteiger partial charge on any atom is 0.00271 e. The van der Waals surface area contributed by atoms with Gasteiger partial charge in [0.05, 0.1) is 0 Å². The molecular formula is C11H17O2S-. The van der Waals surface area contributed by atoms with Gasteiger partial charge in [-0.25, -0.2) is 0 Å². The van der Waals surface area contributed by atoms with Crippen molar-refractivity contribution >= 4 is 11.1 Å². The molecule has 2 nitrogen and oxygen atoms in total. The van der Waals surface area contributed by atoms with Gasteiger partial charge in [0.15, 0.2) is 0 Å². The van der Waals surface area contributed by atoms with Crippen molar-refractivity contribution in [2.75, 3.05) is 0 Å². The average Bonchev–Trinajstić information content (AvgIpc) is 2.18. The van der Waals surface area contributed by atoms with Crippen molar-refractivity contribution in [1.29, 1.82) is 0 Å². The van der Waals surface area contributed by atoms with E-state index in [2.05, 4.69) is 20.8 Å². The van der Waals surface area contributed by atoms with Crippen molar-refractivity contribution < 1.29 is 8.76 Å². The third-order valence-corrected chi connectivity index (χ3v) is 3.85. The highest BCUT2D eigenvalue weighted by atomic mass is 32.2. The van der Waals surface area contributed by atoms with Crippen LogP contribution in [0.2, 0.25) is 0 Å². The van der Waals surface area contributed by atoms with Gasteiger partial charge < -0.3 is 4.55 Å². The van der Waals surface area contributed by atoms with Gasteiger partial charge in [-0.2, -0.15) is 0 Å². The second kappa shape index (κ2) is 4.41. The highest BCUT2D eigenvalue weighted by Gasteiger charge is 2.22. The van der Waals surface area contributed by atoms with Gasteiger partial charge in [0.2, 0.25) is 0 Å². The molecule has 0 N–H and O–H groups in total. The van der Waals surface area contributed by atoms with Crippen molar-refractivity contribution in [3.8, 4) is 0 Å². The summed E-state index contributed by atoms with van der Waals surface area (Å²) in [6, 6.07) is 0. The summed E-state index contributed by atoms with van der Waals surface area (Å²) in [5.41, 5.74) is 1.56. The van der Waals surface area contributed by atoms with Gasteiger partial charge in [0.1, 0.15) is 0 Å². The second-order valence-corrected chi connectivity index (χ2v) is 5.29. The smallest absolute Gasteiger partial charge is 0.00271 e. The van der Waals surface area contributed by atoms with E-state index in [-0.39, 0.29) is 5.41 Å². The van der Waals surface area contributed by atoms with Gasteiger partial charge >= 0.3 is 0 Å². The van der Waals surface area contributed by atoms with Crippen LogP contribution in [0.3, 0.4) is 0 Å². The van der Waals surface area contributed by atoms with Crippen molar-refractivity contribution in [2.24, 2.45) is 5.41 Å². The fourth-order valence-corrected chi connectivity index (χ4v) is 2.00. The Morgan fingerprint density at radius 2 is 2.07 bits per heavy atom. The molecule has 0 aromatic rings. The molecule has 0 bridgehead atoms. The zero-order valence-electron chi connectivity index (χ0n) is 9.00. The van der Waals surface area contributed by atoms with Gasteiger partial charge in [-0.1, -0.05) is 38.5 Å². The molecule has 0 fully saturated rings. The summed E-state index contributed by atoms with van der Waals surface area (Å²) in [6.45, 7) is 6.56. The van der Waals surface area contributed by atoms with Crippen molar-refractivity contribution in [2.45, 2.75) is 40.0 Å². The van der Waals surface area contributed by atoms with Crippen LogP contribution < -0.4 is 0 Å². The first kappa shape index (κ1) is 11.7. The Bertz CT molecular complexity index is 300. The van der Waals surface area contributed by atoms with Gasteiger partial charge in [0.25, 0.3) is 0 Å². The molecule has 14 heavy (non-hydrogen) atoms. The predicted molar refractivity (Wildman–Crippen MR) is 58.4 cm³/mol. The van der Waals surface area contributed by atoms with E-state index in [9.17, 15) is 8.76 Å². The first-order valence-corrected chi connectivity index (χ1v) is 6.04. The largest absolute Gasteiger partial charge is 0.769 e. The van der Waals surface area contributed by atoms with Crippen molar-refractivity contribution in [3.63, 3.8) is 0 Å². The van der Waals surface area contributed by atoms with E-state index in [1.54, 1.807) is 6.08 Å². The van der Waals surface area contributed by atoms with E-state index in [4.69, 9.17) is 0 Å². The normalized spacial score (nSPS) is 20.0. The molecular weight excluding hydrogens is 196 g/mol. The Morgan fingerprint density at radius 1 is 1.43 bits per heavy atom. The Kier molecular flexibility index (Phi) is 3.67. The van der Waals surface area contributed by atoms with Crippen LogP contribution >= 0.6 is 0 Å². The van der Waals surface area contributed by atoms with Crippen molar-refractivity contribution in [3.05, 3.63) is 22.6 Å². The maximum atomic E-state index is 10.7. The van der Waals surface area contributed by atoms with Crippen LogP contribution in [-0.4, -0.2) is 8.76 Å². The van der Waals surface area contributed by atoms with E-state index in [1.165, 1.54) is 5.57 Å². The van der Waals surface area contributed by atoms with Gasteiger partial charge in [-0.3, -0.25) is 4.21 Å². The van der Waals surface area contributed by atoms with Gasteiger partial charge in [-0.05, 0) is 35.8 Å². The monoisotopic (exact) mass is 213 g/mol. The van der Waals surface area contributed by atoms with E-state index < -0.39 is 11.1 Å². The van der Waals surface area contributed by atoms with E-state index >= 15 is 0 Å². The summed E-state index contributed by atoms with van der Waals surface area (Å²) in [6.07, 6.45) is 6.33. The molecule has 0 amide bonds. The van der Waals surface area contributed by atoms with E-state index in [0.717, 1.165) is 12.8 Å². The molecule has 1 aliphatic carbocycles. The SMILES string of the molecule is CCC(C)(C)C1=CC=C(S(=O)[O-])CC1. The average molecular weight is 213 g/mol. The standard InChI is InChI=1S/C11H18O2S/c1-4-11(2,3)9-5-7-10(8-6-9)14(12)13/h5,7H,4,6,8H2,1-3H3,(H,12,13)/p-1. The number of hydrogen-bond acceptors (Lipinski definition) is 2. The number of rotatable bonds is 3. The molecule has 1 atom stereocenters. The summed E-state index contributed by atoms with van der Waals surface area (Å²) in [5, 5.41) is 0. The van der Waals surface area contributed by atoms with E-state index in [0.29, 0.717) is 11.3 Å². The molecule has 80 valence electrons. The molecule has 1 aliphatic rings. The highest BCUT2D eigenvalue weighted by Crippen LogP contribution is 2.36. The Hall–Kier alpha value is -0.410. The summed E-state index contributed by atoms with van der Waals surface area (Å²) >= 11 is -2.03. The summed E-state index contributed by atoms with van der Waals surface area (Å²) in [7, 11) is 0. The molecule has 0 aromatic carbocycles. The Balaban J connectivity index is 2.83. The van der Waals surface area contributed by atoms with Crippen LogP contribution in [-0.2, 0) is 11.1 Å². The summed E-state index contributed by atoms with van der Waals surface area (Å²) in [5.74, 6) is 0. The Labute approximate surface area is 88.4 Å². The summed E-state index contributed by atoms with van der Waals surface area (Å²) < 4.78 is 21.4. The second-order valence-electron chi connectivity index (χ2n) is 4.30. The van der Waals surface area contributed by atoms with Crippen LogP contribution in [0.15, 0.2) is 22.6 Å². The maximum absolute atomic E-state index is 10.7. The minimum Gasteiger partial charge on any atom is -0.769 e. The first-order valence-electron chi connectivity index (χ1n) is 4.97. The van der Waals surface area contributed by atoms with Crippen LogP contribution in [0.1, 0.15) is 40.0 Å². The Morgan fingerprint density at radius 3 is 2.43 bits per heavy atom. The number of allylic oxidation sites excluding steroid dienone is 4. The lowest BCUT2D eigenvalue weighted by atomic mass is 9.78. The minimum atomic E-state index is -2.03. The first-order chi connectivity index (χ1) is 6.47. The van der Waals surface area contributed by atoms with Crippen LogP contribution in [0.5, 0.6) is 0 Å². The van der Waals surface area contributed by atoms with Crippen LogP contribution in [0.25, 0.3) is 0 Å². The topological polar surface area (TPSA) is 40.1 Å². The molecule has 0 radical (unpaired) electrons. The summed E-state index contributed by atoms with van der Waals surface area (Å²) in [4.78, 5) is 0.528. The lowest BCUT2D eigenvalue weighted by molar-refractivity contribution is 0.412. The van der Waals surface area contributed by atoms with E-state index in [1.807, 2.05) is 6.08 Å². The third-order valence-electron chi connectivity index (χ3n) is 3.08. The molecule has 0 saturated carbocycles. The molecule has 0 saturated heterocycles. The van der Waals surface area contributed by atoms with Gasteiger partial charge in [-0.15, -0.1) is 0 Å². The quantitative estimate of drug-likeness (QED) is 0.676. The lowest BCUT2D eigenvalue weighted by Crippen LogP contribution is -2.15. The fraction of sp³-hybridized carbons (Fsp3) is 0.636. The molecule has 0 aromatic heterocycles.